The Labute approximate surface area is 91.9 Å². The molecule has 0 spiro atoms. The fourth-order valence-electron chi connectivity index (χ4n) is 1.02. The molecule has 1 heterocycles. The van der Waals surface area contributed by atoms with Crippen molar-refractivity contribution >= 4 is 27.6 Å². The van der Waals surface area contributed by atoms with Gasteiger partial charge in [-0.3, -0.25) is 4.79 Å². The predicted octanol–water partition coefficient (Wildman–Crippen LogP) is -0.736. The third-order valence-electron chi connectivity index (χ3n) is 1.63. The maximum atomic E-state index is 11.4. The van der Waals surface area contributed by atoms with Crippen LogP contribution in [0.4, 0.5) is 0 Å². The van der Waals surface area contributed by atoms with Crippen molar-refractivity contribution in [3.05, 3.63) is 11.0 Å². The number of aliphatic carboxylic acids is 1. The number of amides is 1. The summed E-state index contributed by atoms with van der Waals surface area (Å²) in [4.78, 5) is 21.3. The van der Waals surface area contributed by atoms with Gasteiger partial charge in [-0.15, -0.1) is 0 Å². The molecule has 1 rings (SSSR count). The first-order valence-electron chi connectivity index (χ1n) is 4.35. The molecular weight excluding hydrogens is 236 g/mol. The highest BCUT2D eigenvalue weighted by atomic mass is 32.2. The van der Waals surface area contributed by atoms with E-state index in [1.165, 1.54) is 0 Å². The van der Waals surface area contributed by atoms with Crippen LogP contribution in [0.5, 0.6) is 0 Å². The average molecular weight is 246 g/mol. The first-order chi connectivity index (χ1) is 7.24. The van der Waals surface area contributed by atoms with E-state index in [2.05, 4.69) is 9.71 Å². The van der Waals surface area contributed by atoms with Gasteiger partial charge in [-0.25, -0.2) is 4.79 Å². The molecule has 0 saturated heterocycles. The van der Waals surface area contributed by atoms with Crippen LogP contribution < -0.4 is 5.32 Å². The Balaban J connectivity index is 3.05. The molecule has 0 atom stereocenters. The lowest BCUT2D eigenvalue weighted by Gasteiger charge is -2.07. The predicted molar refractivity (Wildman–Crippen MR) is 55.4 cm³/mol. The zero-order valence-corrected chi connectivity index (χ0v) is 9.41. The Morgan fingerprint density at radius 2 is 2.00 bits per heavy atom. The molecule has 0 unspecified atom stereocenters. The lowest BCUT2D eigenvalue weighted by Crippen LogP contribution is -2.32. The van der Waals surface area contributed by atoms with Crippen molar-refractivity contribution in [2.24, 2.45) is 4.40 Å². The lowest BCUT2D eigenvalue weighted by molar-refractivity contribution is -0.129. The van der Waals surface area contributed by atoms with Gasteiger partial charge in [0.05, 0.1) is 0 Å². The monoisotopic (exact) mass is 246 g/mol. The molecule has 0 aromatic carbocycles. The standard InChI is InChI=1S/C8H10N2O5S/c1-4(2)9-7(11)6-3-5(8(12)13)10-16(6,14)15/h3-4H,1-2H3,(H,9,11)(H,12,13). The van der Waals surface area contributed by atoms with Crippen molar-refractivity contribution in [3.63, 3.8) is 0 Å². The fraction of sp³-hybridized carbons (Fsp3) is 0.375. The first kappa shape index (κ1) is 12.4. The molecule has 0 aromatic heterocycles. The number of hydrogen-bond acceptors (Lipinski definition) is 4. The number of carbonyl (C=O) groups excluding carboxylic acids is 1. The van der Waals surface area contributed by atoms with E-state index >= 15 is 0 Å². The van der Waals surface area contributed by atoms with Crippen molar-refractivity contribution in [2.45, 2.75) is 19.9 Å². The molecule has 1 aliphatic rings. The summed E-state index contributed by atoms with van der Waals surface area (Å²) >= 11 is 0. The number of rotatable bonds is 3. The van der Waals surface area contributed by atoms with Crippen LogP contribution in [0.3, 0.4) is 0 Å². The van der Waals surface area contributed by atoms with Crippen molar-refractivity contribution in [1.29, 1.82) is 0 Å². The van der Waals surface area contributed by atoms with Gasteiger partial charge >= 0.3 is 5.97 Å². The number of nitrogens with zero attached hydrogens (tertiary/aromatic N) is 1. The summed E-state index contributed by atoms with van der Waals surface area (Å²) in [5.41, 5.74) is -0.658. The molecule has 16 heavy (non-hydrogen) atoms. The van der Waals surface area contributed by atoms with E-state index in [9.17, 15) is 18.0 Å². The van der Waals surface area contributed by atoms with Crippen LogP contribution in [0, 0.1) is 0 Å². The van der Waals surface area contributed by atoms with Crippen molar-refractivity contribution in [2.75, 3.05) is 0 Å². The summed E-state index contributed by atoms with van der Waals surface area (Å²) in [6.45, 7) is 3.30. The van der Waals surface area contributed by atoms with Crippen LogP contribution in [0.1, 0.15) is 13.8 Å². The van der Waals surface area contributed by atoms with Gasteiger partial charge in [-0.05, 0) is 19.9 Å². The molecule has 7 nitrogen and oxygen atoms in total. The second kappa shape index (κ2) is 4.05. The molecule has 8 heteroatoms. The molecule has 1 amide bonds. The Hall–Kier alpha value is -1.70. The molecular formula is C8H10N2O5S. The normalized spacial score (nSPS) is 17.9. The molecule has 1 aliphatic heterocycles. The van der Waals surface area contributed by atoms with Crippen LogP contribution in [0.25, 0.3) is 0 Å². The van der Waals surface area contributed by atoms with Crippen LogP contribution in [-0.4, -0.2) is 37.2 Å². The minimum absolute atomic E-state index is 0.252. The highest BCUT2D eigenvalue weighted by Crippen LogP contribution is 2.17. The topological polar surface area (TPSA) is 113 Å². The van der Waals surface area contributed by atoms with Gasteiger partial charge in [0.1, 0.15) is 0 Å². The smallest absolute Gasteiger partial charge is 0.355 e. The number of carbonyl (C=O) groups is 2. The van der Waals surface area contributed by atoms with Crippen LogP contribution in [-0.2, 0) is 19.6 Å². The zero-order valence-electron chi connectivity index (χ0n) is 8.59. The van der Waals surface area contributed by atoms with Gasteiger partial charge in [-0.1, -0.05) is 0 Å². The van der Waals surface area contributed by atoms with Gasteiger partial charge in [0.25, 0.3) is 15.9 Å². The van der Waals surface area contributed by atoms with Crippen LogP contribution >= 0.6 is 0 Å². The minimum Gasteiger partial charge on any atom is -0.476 e. The van der Waals surface area contributed by atoms with E-state index in [0.717, 1.165) is 6.08 Å². The Morgan fingerprint density at radius 3 is 2.38 bits per heavy atom. The lowest BCUT2D eigenvalue weighted by atomic mass is 10.3. The van der Waals surface area contributed by atoms with Gasteiger partial charge in [-0.2, -0.15) is 12.8 Å². The molecule has 0 bridgehead atoms. The summed E-state index contributed by atoms with van der Waals surface area (Å²) < 4.78 is 25.6. The average Bonchev–Trinajstić information content (AvgIpc) is 2.40. The first-order valence-corrected chi connectivity index (χ1v) is 5.79. The Morgan fingerprint density at radius 1 is 1.44 bits per heavy atom. The summed E-state index contributed by atoms with van der Waals surface area (Å²) in [5, 5.41) is 10.9. The second-order valence-electron chi connectivity index (χ2n) is 3.39. The number of carboxylic acid groups (broad SMARTS) is 1. The van der Waals surface area contributed by atoms with Crippen molar-refractivity contribution in [1.82, 2.24) is 5.32 Å². The van der Waals surface area contributed by atoms with Gasteiger partial charge in [0.2, 0.25) is 0 Å². The Kier molecular flexibility index (Phi) is 3.13. The molecule has 0 radical (unpaired) electrons. The molecule has 0 aliphatic carbocycles. The molecule has 0 fully saturated rings. The van der Waals surface area contributed by atoms with E-state index in [-0.39, 0.29) is 6.04 Å². The molecule has 2 N–H and O–H groups in total. The Bertz CT molecular complexity index is 501. The molecule has 88 valence electrons. The highest BCUT2D eigenvalue weighted by molar-refractivity contribution is 7.95. The van der Waals surface area contributed by atoms with E-state index in [1.54, 1.807) is 13.8 Å². The number of nitrogens with one attached hydrogen (secondary N) is 1. The van der Waals surface area contributed by atoms with E-state index < -0.39 is 32.5 Å². The number of sulfonamides is 1. The largest absolute Gasteiger partial charge is 0.476 e. The second-order valence-corrected chi connectivity index (χ2v) is 4.97. The third-order valence-corrected chi connectivity index (χ3v) is 2.92. The summed E-state index contributed by atoms with van der Waals surface area (Å²) in [6, 6.07) is -0.252. The van der Waals surface area contributed by atoms with E-state index in [4.69, 9.17) is 5.11 Å². The van der Waals surface area contributed by atoms with Crippen molar-refractivity contribution in [3.8, 4) is 0 Å². The van der Waals surface area contributed by atoms with Crippen molar-refractivity contribution < 1.29 is 23.1 Å². The van der Waals surface area contributed by atoms with E-state index in [1.807, 2.05) is 0 Å². The van der Waals surface area contributed by atoms with Gasteiger partial charge in [0.15, 0.2) is 10.6 Å². The molecule has 0 saturated carbocycles. The maximum absolute atomic E-state index is 11.4. The highest BCUT2D eigenvalue weighted by Gasteiger charge is 2.32. The third kappa shape index (κ3) is 2.45. The van der Waals surface area contributed by atoms with Gasteiger partial charge < -0.3 is 10.4 Å². The fourth-order valence-corrected chi connectivity index (χ4v) is 2.06. The molecule has 0 aromatic rings. The quantitative estimate of drug-likeness (QED) is 0.681. The zero-order chi connectivity index (χ0) is 12.5. The summed E-state index contributed by atoms with van der Waals surface area (Å²) in [6.07, 6.45) is 0.745. The van der Waals surface area contributed by atoms with Gasteiger partial charge in [0, 0.05) is 6.04 Å². The van der Waals surface area contributed by atoms with Crippen LogP contribution in [0.2, 0.25) is 0 Å². The minimum atomic E-state index is -4.17. The maximum Gasteiger partial charge on any atom is 0.355 e. The summed E-state index contributed by atoms with van der Waals surface area (Å²) in [5.74, 6) is -2.34. The van der Waals surface area contributed by atoms with Crippen LogP contribution in [0.15, 0.2) is 15.4 Å². The SMILES string of the molecule is CC(C)NC(=O)C1=CC(C(=O)O)=NS1(=O)=O. The number of hydrogen-bond donors (Lipinski definition) is 2. The summed E-state index contributed by atoms with van der Waals surface area (Å²) in [7, 11) is -4.17. The number of carboxylic acids is 1. The van der Waals surface area contributed by atoms with E-state index in [0.29, 0.717) is 0 Å².